The van der Waals surface area contributed by atoms with Gasteiger partial charge in [-0.3, -0.25) is 4.79 Å². The summed E-state index contributed by atoms with van der Waals surface area (Å²) in [6.07, 6.45) is 1.24. The van der Waals surface area contributed by atoms with Gasteiger partial charge in [0.05, 0.1) is 17.4 Å². The van der Waals surface area contributed by atoms with Crippen LogP contribution in [0.5, 0.6) is 5.75 Å². The number of halogens is 3. The summed E-state index contributed by atoms with van der Waals surface area (Å²) in [6.45, 7) is 1.92. The molecule has 0 unspecified atom stereocenters. The van der Waals surface area contributed by atoms with E-state index in [9.17, 15) is 22.0 Å². The van der Waals surface area contributed by atoms with Crippen LogP contribution in [0.1, 0.15) is 41.3 Å². The van der Waals surface area contributed by atoms with Crippen molar-refractivity contribution in [2.75, 3.05) is 18.9 Å². The van der Waals surface area contributed by atoms with Crippen LogP contribution < -0.4 is 10.5 Å². The van der Waals surface area contributed by atoms with Crippen LogP contribution in [0.2, 0.25) is 0 Å². The Hall–Kier alpha value is -1.79. The van der Waals surface area contributed by atoms with Crippen molar-refractivity contribution in [3.8, 4) is 5.75 Å². The smallest absolute Gasteiger partial charge is 0.252 e. The van der Waals surface area contributed by atoms with Crippen LogP contribution in [-0.2, 0) is 16.4 Å². The van der Waals surface area contributed by atoms with Gasteiger partial charge in [-0.2, -0.15) is 4.31 Å². The Morgan fingerprint density at radius 2 is 2.00 bits per heavy atom. The molecule has 1 heterocycles. The van der Waals surface area contributed by atoms with E-state index in [0.717, 1.165) is 12.1 Å². The quantitative estimate of drug-likeness (QED) is 0.498. The molecule has 1 saturated heterocycles. The van der Waals surface area contributed by atoms with Crippen LogP contribution in [0.25, 0.3) is 0 Å². The standard InChI is InChI=1S/C21H23F2IN2O4S/c1-2-31(28,29)26-7-3-4-17(26)12-30-19-10-15(22)9-14(20(19)21(25)27)8-13-5-6-16(24)11-18(13)23/h5-6,9-11,17H,2-4,7-8,12H2,1H3,(H2,25,27)/t17-/m0/s1. The summed E-state index contributed by atoms with van der Waals surface area (Å²) in [5.41, 5.74) is 5.99. The number of benzene rings is 2. The second-order valence-corrected chi connectivity index (χ2v) is 10.8. The predicted octanol–water partition coefficient (Wildman–Crippen LogP) is 3.45. The first-order valence-corrected chi connectivity index (χ1v) is 12.5. The lowest BCUT2D eigenvalue weighted by molar-refractivity contribution is 0.0994. The summed E-state index contributed by atoms with van der Waals surface area (Å²) in [6, 6.07) is 6.39. The van der Waals surface area contributed by atoms with Gasteiger partial charge < -0.3 is 10.5 Å². The average Bonchev–Trinajstić information content (AvgIpc) is 3.17. The predicted molar refractivity (Wildman–Crippen MR) is 122 cm³/mol. The van der Waals surface area contributed by atoms with Gasteiger partial charge in [0, 0.05) is 22.6 Å². The number of sulfonamides is 1. The number of carbonyl (C=O) groups excluding carboxylic acids is 1. The van der Waals surface area contributed by atoms with E-state index in [4.69, 9.17) is 10.5 Å². The van der Waals surface area contributed by atoms with Gasteiger partial charge in [-0.15, -0.1) is 0 Å². The van der Waals surface area contributed by atoms with E-state index in [1.165, 1.54) is 10.4 Å². The van der Waals surface area contributed by atoms with Crippen LogP contribution >= 0.6 is 22.6 Å². The van der Waals surface area contributed by atoms with Gasteiger partial charge in [0.1, 0.15) is 24.0 Å². The van der Waals surface area contributed by atoms with Crippen molar-refractivity contribution in [3.63, 3.8) is 0 Å². The number of nitrogens with two attached hydrogens (primary N) is 1. The van der Waals surface area contributed by atoms with Gasteiger partial charge >= 0.3 is 0 Å². The molecule has 6 nitrogen and oxygen atoms in total. The summed E-state index contributed by atoms with van der Waals surface area (Å²) in [5.74, 6) is -2.07. The van der Waals surface area contributed by atoms with Crippen molar-refractivity contribution >= 4 is 38.5 Å². The van der Waals surface area contributed by atoms with Crippen LogP contribution in [0.4, 0.5) is 8.78 Å². The van der Waals surface area contributed by atoms with Crippen molar-refractivity contribution in [1.82, 2.24) is 4.31 Å². The Balaban J connectivity index is 1.89. The molecule has 1 fully saturated rings. The van der Waals surface area contributed by atoms with Crippen LogP contribution in [-0.4, -0.2) is 43.6 Å². The number of amides is 1. The Kier molecular flexibility index (Phi) is 7.53. The fourth-order valence-electron chi connectivity index (χ4n) is 3.73. The molecule has 0 saturated carbocycles. The molecule has 0 bridgehead atoms. The summed E-state index contributed by atoms with van der Waals surface area (Å²) in [5, 5.41) is 0. The first-order valence-electron chi connectivity index (χ1n) is 9.80. The van der Waals surface area contributed by atoms with Gasteiger partial charge in [0.15, 0.2) is 0 Å². The molecule has 1 amide bonds. The fourth-order valence-corrected chi connectivity index (χ4v) is 5.55. The molecule has 168 valence electrons. The molecule has 1 atom stereocenters. The topological polar surface area (TPSA) is 89.7 Å². The lowest BCUT2D eigenvalue weighted by atomic mass is 9.98. The van der Waals surface area contributed by atoms with Crippen molar-refractivity contribution in [2.45, 2.75) is 32.2 Å². The molecule has 0 aliphatic carbocycles. The fraction of sp³-hybridized carbons (Fsp3) is 0.381. The highest BCUT2D eigenvalue weighted by molar-refractivity contribution is 14.1. The van der Waals surface area contributed by atoms with Gasteiger partial charge in [-0.05, 0) is 71.7 Å². The third-order valence-corrected chi connectivity index (χ3v) is 7.86. The molecule has 0 radical (unpaired) electrons. The van der Waals surface area contributed by atoms with E-state index >= 15 is 0 Å². The second kappa shape index (κ2) is 9.78. The van der Waals surface area contributed by atoms with E-state index in [1.807, 2.05) is 22.6 Å². The molecule has 0 aromatic heterocycles. The lowest BCUT2D eigenvalue weighted by Gasteiger charge is -2.24. The molecular formula is C21H23F2IN2O4S. The van der Waals surface area contributed by atoms with Gasteiger partial charge in [-0.25, -0.2) is 17.2 Å². The molecule has 3 rings (SSSR count). The third-order valence-electron chi connectivity index (χ3n) is 5.27. The van der Waals surface area contributed by atoms with E-state index in [0.29, 0.717) is 23.0 Å². The molecule has 10 heteroatoms. The molecule has 2 aromatic carbocycles. The number of primary amides is 1. The summed E-state index contributed by atoms with van der Waals surface area (Å²) < 4.78 is 61.0. The van der Waals surface area contributed by atoms with Crippen molar-refractivity contribution in [1.29, 1.82) is 0 Å². The van der Waals surface area contributed by atoms with Crippen molar-refractivity contribution < 1.29 is 26.7 Å². The first-order chi connectivity index (χ1) is 14.6. The van der Waals surface area contributed by atoms with E-state index in [1.54, 1.807) is 19.1 Å². The summed E-state index contributed by atoms with van der Waals surface area (Å²) in [4.78, 5) is 12.2. The maximum atomic E-state index is 14.3. The Bertz CT molecular complexity index is 1100. The zero-order valence-corrected chi connectivity index (χ0v) is 19.9. The first kappa shape index (κ1) is 23.9. The number of ether oxygens (including phenoxy) is 1. The minimum absolute atomic E-state index is 0.0261. The maximum absolute atomic E-state index is 14.3. The molecule has 1 aliphatic rings. The largest absolute Gasteiger partial charge is 0.491 e. The Morgan fingerprint density at radius 3 is 2.65 bits per heavy atom. The monoisotopic (exact) mass is 564 g/mol. The minimum Gasteiger partial charge on any atom is -0.491 e. The van der Waals surface area contributed by atoms with Crippen molar-refractivity contribution in [2.24, 2.45) is 5.73 Å². The lowest BCUT2D eigenvalue weighted by Crippen LogP contribution is -2.40. The molecule has 2 N–H and O–H groups in total. The highest BCUT2D eigenvalue weighted by Gasteiger charge is 2.33. The SMILES string of the molecule is CCS(=O)(=O)N1CCC[C@H]1COc1cc(F)cc(Cc2ccc(I)cc2F)c1C(N)=O. The van der Waals surface area contributed by atoms with Crippen LogP contribution in [0.3, 0.4) is 0 Å². The number of nitrogens with zero attached hydrogens (tertiary/aromatic N) is 1. The molecule has 2 aromatic rings. The Morgan fingerprint density at radius 1 is 1.26 bits per heavy atom. The highest BCUT2D eigenvalue weighted by atomic mass is 127. The summed E-state index contributed by atoms with van der Waals surface area (Å²) in [7, 11) is -3.40. The Labute approximate surface area is 193 Å². The van der Waals surface area contributed by atoms with Crippen molar-refractivity contribution in [3.05, 3.63) is 62.2 Å². The zero-order chi connectivity index (χ0) is 22.8. The maximum Gasteiger partial charge on any atom is 0.252 e. The van der Waals surface area contributed by atoms with Crippen LogP contribution in [0, 0.1) is 15.2 Å². The normalized spacial score (nSPS) is 17.1. The molecule has 31 heavy (non-hydrogen) atoms. The highest BCUT2D eigenvalue weighted by Crippen LogP contribution is 2.29. The minimum atomic E-state index is -3.40. The van der Waals surface area contributed by atoms with E-state index in [2.05, 4.69) is 0 Å². The number of carbonyl (C=O) groups is 1. The molecular weight excluding hydrogens is 541 g/mol. The number of hydrogen-bond acceptors (Lipinski definition) is 4. The van der Waals surface area contributed by atoms with Gasteiger partial charge in [-0.1, -0.05) is 6.07 Å². The third kappa shape index (κ3) is 5.53. The van der Waals surface area contributed by atoms with Gasteiger partial charge in [0.25, 0.3) is 5.91 Å². The second-order valence-electron chi connectivity index (χ2n) is 7.33. The van der Waals surface area contributed by atoms with E-state index in [-0.39, 0.29) is 41.2 Å². The van der Waals surface area contributed by atoms with E-state index < -0.39 is 33.6 Å². The van der Waals surface area contributed by atoms with Crippen LogP contribution in [0.15, 0.2) is 30.3 Å². The molecule has 0 spiro atoms. The number of rotatable bonds is 8. The van der Waals surface area contributed by atoms with Gasteiger partial charge in [0.2, 0.25) is 10.0 Å². The zero-order valence-electron chi connectivity index (χ0n) is 16.9. The average molecular weight is 564 g/mol. The summed E-state index contributed by atoms with van der Waals surface area (Å²) >= 11 is 1.98. The number of hydrogen-bond donors (Lipinski definition) is 1. The molecule has 1 aliphatic heterocycles.